The lowest BCUT2D eigenvalue weighted by atomic mass is 10.1. The van der Waals surface area contributed by atoms with Gasteiger partial charge in [-0.15, -0.1) is 0 Å². The maximum Gasteiger partial charge on any atom is 0.257 e. The van der Waals surface area contributed by atoms with Gasteiger partial charge < -0.3 is 9.80 Å². The maximum atomic E-state index is 14.1. The fourth-order valence-corrected chi connectivity index (χ4v) is 5.04. The fraction of sp³-hybridized carbons (Fsp3) is 0.500. The third-order valence-electron chi connectivity index (χ3n) is 5.63. The molecule has 1 aromatic carbocycles. The first-order valence-electron chi connectivity index (χ1n) is 9.81. The second kappa shape index (κ2) is 9.07. The van der Waals surface area contributed by atoms with E-state index in [4.69, 9.17) is 0 Å². The van der Waals surface area contributed by atoms with E-state index in [9.17, 15) is 9.18 Å². The van der Waals surface area contributed by atoms with Gasteiger partial charge in [0, 0.05) is 63.9 Å². The minimum absolute atomic E-state index is 0.00768. The van der Waals surface area contributed by atoms with Crippen molar-refractivity contribution >= 4 is 46.4 Å². The molecule has 2 fully saturated rings. The van der Waals surface area contributed by atoms with Gasteiger partial charge in [0.05, 0.1) is 16.8 Å². The molecule has 2 aromatic rings. The highest BCUT2D eigenvalue weighted by atomic mass is 32.2. The summed E-state index contributed by atoms with van der Waals surface area (Å²) in [5, 5.41) is 0.719. The van der Waals surface area contributed by atoms with Crippen LogP contribution in [0, 0.1) is 5.82 Å². The average Bonchev–Trinajstić information content (AvgIpc) is 2.78. The highest BCUT2D eigenvalue weighted by Gasteiger charge is 2.28. The second-order valence-electron chi connectivity index (χ2n) is 7.18. The molecule has 0 aliphatic carbocycles. The molecule has 2 aliphatic heterocycles. The SMILES string of the molecule is CSN1CCN(C(=O)c2cnc3ccc(F)cc3c2N2CCN(SC)CC2)CC1. The largest absolute Gasteiger partial charge is 0.368 e. The summed E-state index contributed by atoms with van der Waals surface area (Å²) in [5.74, 6) is -0.312. The Balaban J connectivity index is 1.70. The molecule has 0 radical (unpaired) electrons. The second-order valence-corrected chi connectivity index (χ2v) is 8.95. The highest BCUT2D eigenvalue weighted by Crippen LogP contribution is 2.32. The number of aromatic nitrogens is 1. The quantitative estimate of drug-likeness (QED) is 0.684. The van der Waals surface area contributed by atoms with Gasteiger partial charge in [-0.3, -0.25) is 9.78 Å². The third kappa shape index (κ3) is 4.33. The maximum absolute atomic E-state index is 14.1. The van der Waals surface area contributed by atoms with E-state index in [0.29, 0.717) is 18.7 Å². The molecule has 0 atom stereocenters. The topological polar surface area (TPSA) is 42.9 Å². The fourth-order valence-electron chi connectivity index (χ4n) is 3.99. The number of rotatable bonds is 4. The van der Waals surface area contributed by atoms with Crippen LogP contribution in [0.15, 0.2) is 24.4 Å². The summed E-state index contributed by atoms with van der Waals surface area (Å²) in [6.45, 7) is 6.50. The molecule has 2 aliphatic rings. The van der Waals surface area contributed by atoms with E-state index < -0.39 is 0 Å². The number of carbonyl (C=O) groups is 1. The van der Waals surface area contributed by atoms with Gasteiger partial charge in [0.2, 0.25) is 0 Å². The zero-order valence-electron chi connectivity index (χ0n) is 16.8. The van der Waals surface area contributed by atoms with Crippen LogP contribution in [0.1, 0.15) is 10.4 Å². The lowest BCUT2D eigenvalue weighted by molar-refractivity contribution is 0.0704. The Bertz CT molecular complexity index is 883. The summed E-state index contributed by atoms with van der Waals surface area (Å²) in [6.07, 6.45) is 5.82. The van der Waals surface area contributed by atoms with Crippen LogP contribution in [0.3, 0.4) is 0 Å². The van der Waals surface area contributed by atoms with E-state index in [2.05, 4.69) is 31.0 Å². The van der Waals surface area contributed by atoms with Crippen LogP contribution in [0.25, 0.3) is 10.9 Å². The molecular weight excluding hydrogens is 409 g/mol. The molecular formula is C20H26FN5OS2. The van der Waals surface area contributed by atoms with Crippen molar-refractivity contribution < 1.29 is 9.18 Å². The summed E-state index contributed by atoms with van der Waals surface area (Å²) >= 11 is 3.45. The minimum atomic E-state index is -0.304. The molecule has 9 heteroatoms. The Labute approximate surface area is 179 Å². The van der Waals surface area contributed by atoms with Gasteiger partial charge in [-0.25, -0.2) is 13.0 Å². The van der Waals surface area contributed by atoms with Gasteiger partial charge in [-0.05, 0) is 30.7 Å². The molecule has 29 heavy (non-hydrogen) atoms. The van der Waals surface area contributed by atoms with Crippen molar-refractivity contribution in [3.63, 3.8) is 0 Å². The van der Waals surface area contributed by atoms with E-state index in [1.165, 1.54) is 12.1 Å². The van der Waals surface area contributed by atoms with Gasteiger partial charge >= 0.3 is 0 Å². The summed E-state index contributed by atoms with van der Waals surface area (Å²) < 4.78 is 18.7. The number of fused-ring (bicyclic) bond motifs is 1. The van der Waals surface area contributed by atoms with Crippen LogP contribution in [0.5, 0.6) is 0 Å². The van der Waals surface area contributed by atoms with Crippen LogP contribution >= 0.6 is 23.9 Å². The molecule has 0 spiro atoms. The molecule has 0 N–H and O–H groups in total. The standard InChI is InChI=1S/C20H26FN5OS2/c1-28-25-9-5-23(6-10-25)19-16-13-15(21)3-4-18(16)22-14-17(19)20(27)24-7-11-26(29-2)12-8-24/h3-4,13-14H,5-12H2,1-2H3. The molecule has 4 rings (SSSR count). The van der Waals surface area contributed by atoms with Crippen molar-refractivity contribution in [3.05, 3.63) is 35.8 Å². The lowest BCUT2D eigenvalue weighted by Crippen LogP contribution is -2.47. The first kappa shape index (κ1) is 20.7. The zero-order chi connectivity index (χ0) is 20.4. The van der Waals surface area contributed by atoms with Gasteiger partial charge in [0.1, 0.15) is 5.82 Å². The number of nitrogens with zero attached hydrogens (tertiary/aromatic N) is 5. The van der Waals surface area contributed by atoms with E-state index in [1.54, 1.807) is 36.2 Å². The van der Waals surface area contributed by atoms with Crippen molar-refractivity contribution in [3.8, 4) is 0 Å². The Morgan fingerprint density at radius 3 is 2.21 bits per heavy atom. The van der Waals surface area contributed by atoms with Crippen LogP contribution in [-0.4, -0.2) is 89.3 Å². The van der Waals surface area contributed by atoms with Crippen LogP contribution < -0.4 is 4.90 Å². The summed E-state index contributed by atoms with van der Waals surface area (Å²) in [4.78, 5) is 22.0. The number of anilines is 1. The number of halogens is 1. The molecule has 1 amide bonds. The third-order valence-corrected chi connectivity index (χ3v) is 7.39. The first-order chi connectivity index (χ1) is 14.1. The summed E-state index contributed by atoms with van der Waals surface area (Å²) in [7, 11) is 0. The predicted molar refractivity (Wildman–Crippen MR) is 120 cm³/mol. The number of hydrogen-bond acceptors (Lipinski definition) is 7. The Morgan fingerprint density at radius 1 is 0.966 bits per heavy atom. The molecule has 0 unspecified atom stereocenters. The van der Waals surface area contributed by atoms with Crippen molar-refractivity contribution in [2.24, 2.45) is 0 Å². The van der Waals surface area contributed by atoms with Crippen molar-refractivity contribution in [2.45, 2.75) is 0 Å². The average molecular weight is 436 g/mol. The molecule has 156 valence electrons. The number of carbonyl (C=O) groups excluding carboxylic acids is 1. The predicted octanol–water partition coefficient (Wildman–Crippen LogP) is 2.81. The van der Waals surface area contributed by atoms with E-state index >= 15 is 0 Å². The van der Waals surface area contributed by atoms with Gasteiger partial charge in [0.15, 0.2) is 0 Å². The normalized spacial score (nSPS) is 19.1. The van der Waals surface area contributed by atoms with Gasteiger partial charge in [-0.2, -0.15) is 0 Å². The van der Waals surface area contributed by atoms with Gasteiger partial charge in [-0.1, -0.05) is 23.9 Å². The number of piperazine rings is 2. The zero-order valence-corrected chi connectivity index (χ0v) is 18.4. The Morgan fingerprint density at radius 2 is 1.59 bits per heavy atom. The number of pyridine rings is 1. The monoisotopic (exact) mass is 435 g/mol. The van der Waals surface area contributed by atoms with Crippen LogP contribution in [0.4, 0.5) is 10.1 Å². The molecule has 6 nitrogen and oxygen atoms in total. The molecule has 3 heterocycles. The molecule has 2 saturated heterocycles. The van der Waals surface area contributed by atoms with E-state index in [1.807, 2.05) is 4.90 Å². The molecule has 0 saturated carbocycles. The smallest absolute Gasteiger partial charge is 0.257 e. The minimum Gasteiger partial charge on any atom is -0.368 e. The number of hydrogen-bond donors (Lipinski definition) is 0. The highest BCUT2D eigenvalue weighted by molar-refractivity contribution is 7.96. The van der Waals surface area contributed by atoms with Crippen molar-refractivity contribution in [1.29, 1.82) is 0 Å². The van der Waals surface area contributed by atoms with E-state index in [0.717, 1.165) is 55.9 Å². The summed E-state index contributed by atoms with van der Waals surface area (Å²) in [6, 6.07) is 4.63. The Hall–Kier alpha value is -1.55. The first-order valence-corrected chi connectivity index (χ1v) is 12.2. The van der Waals surface area contributed by atoms with E-state index in [-0.39, 0.29) is 11.7 Å². The van der Waals surface area contributed by atoms with Gasteiger partial charge in [0.25, 0.3) is 5.91 Å². The number of amides is 1. The van der Waals surface area contributed by atoms with Crippen LogP contribution in [-0.2, 0) is 0 Å². The number of benzene rings is 1. The Kier molecular flexibility index (Phi) is 6.48. The molecule has 0 bridgehead atoms. The lowest BCUT2D eigenvalue weighted by Gasteiger charge is -2.37. The van der Waals surface area contributed by atoms with Crippen molar-refractivity contribution in [1.82, 2.24) is 18.5 Å². The van der Waals surface area contributed by atoms with Crippen LogP contribution in [0.2, 0.25) is 0 Å². The van der Waals surface area contributed by atoms with Crippen molar-refractivity contribution in [2.75, 3.05) is 69.8 Å². The molecule has 1 aromatic heterocycles. The summed E-state index contributed by atoms with van der Waals surface area (Å²) in [5.41, 5.74) is 2.13.